The number of carbonyl (C=O) groups excluding carboxylic acids is 1. The Bertz CT molecular complexity index is 393. The molecule has 2 N–H and O–H groups in total. The van der Waals surface area contributed by atoms with E-state index < -0.39 is 0 Å². The second kappa shape index (κ2) is 6.74. The van der Waals surface area contributed by atoms with Crippen molar-refractivity contribution in [2.24, 2.45) is 0 Å². The summed E-state index contributed by atoms with van der Waals surface area (Å²) in [6.45, 7) is 6.63. The molecule has 0 heterocycles. The predicted molar refractivity (Wildman–Crippen MR) is 70.6 cm³/mol. The zero-order chi connectivity index (χ0) is 12.7. The smallest absolute Gasteiger partial charge is 0.319 e. The van der Waals surface area contributed by atoms with Crippen molar-refractivity contribution >= 4 is 6.03 Å². The monoisotopic (exact) mass is 232 g/mol. The predicted octanol–water partition coefficient (Wildman–Crippen LogP) is 3.11. The lowest BCUT2D eigenvalue weighted by molar-refractivity contribution is 0.243. The molecule has 1 aromatic rings. The Hall–Kier alpha value is -1.77. The van der Waals surface area contributed by atoms with Gasteiger partial charge in [-0.25, -0.2) is 4.79 Å². The van der Waals surface area contributed by atoms with Gasteiger partial charge in [0.05, 0.1) is 0 Å². The fourth-order valence-electron chi connectivity index (χ4n) is 1.23. The third-order valence-electron chi connectivity index (χ3n) is 2.58. The highest BCUT2D eigenvalue weighted by molar-refractivity contribution is 5.74. The Morgan fingerprint density at radius 1 is 1.29 bits per heavy atom. The van der Waals surface area contributed by atoms with Crippen molar-refractivity contribution in [2.75, 3.05) is 0 Å². The van der Waals surface area contributed by atoms with Gasteiger partial charge in [-0.3, -0.25) is 0 Å². The van der Waals surface area contributed by atoms with E-state index in [1.807, 2.05) is 38.1 Å². The zero-order valence-corrected chi connectivity index (χ0v) is 10.7. The first kappa shape index (κ1) is 13.3. The molecule has 3 heteroatoms. The van der Waals surface area contributed by atoms with E-state index in [0.717, 1.165) is 17.6 Å². The summed E-state index contributed by atoms with van der Waals surface area (Å²) in [6, 6.07) is 7.94. The molecule has 0 aromatic heterocycles. The summed E-state index contributed by atoms with van der Waals surface area (Å²) >= 11 is 0. The molecule has 0 atom stereocenters. The minimum atomic E-state index is -0.168. The molecule has 0 aliphatic carbocycles. The number of carbonyl (C=O) groups is 1. The number of rotatable bonds is 4. The third-order valence-corrected chi connectivity index (χ3v) is 2.58. The molecule has 1 rings (SSSR count). The Morgan fingerprint density at radius 3 is 2.53 bits per heavy atom. The topological polar surface area (TPSA) is 41.1 Å². The van der Waals surface area contributed by atoms with Gasteiger partial charge in [-0.15, -0.1) is 0 Å². The summed E-state index contributed by atoms with van der Waals surface area (Å²) in [4.78, 5) is 11.4. The molecule has 2 amide bonds. The van der Waals surface area contributed by atoms with E-state index in [1.54, 1.807) is 6.20 Å². The van der Waals surface area contributed by atoms with Gasteiger partial charge in [-0.05, 0) is 25.8 Å². The average Bonchev–Trinajstić information content (AvgIpc) is 2.35. The van der Waals surface area contributed by atoms with Crippen LogP contribution >= 0.6 is 0 Å². The molecule has 0 aliphatic heterocycles. The van der Waals surface area contributed by atoms with E-state index in [9.17, 15) is 4.79 Å². The first-order valence-electron chi connectivity index (χ1n) is 5.87. The molecule has 3 nitrogen and oxygen atoms in total. The van der Waals surface area contributed by atoms with Crippen LogP contribution < -0.4 is 10.6 Å². The van der Waals surface area contributed by atoms with E-state index in [4.69, 9.17) is 0 Å². The van der Waals surface area contributed by atoms with Crippen LogP contribution in [0.15, 0.2) is 36.0 Å². The number of aryl methyl sites for hydroxylation is 1. The molecule has 0 fully saturated rings. The van der Waals surface area contributed by atoms with Crippen molar-refractivity contribution in [3.8, 4) is 0 Å². The molecule has 0 bridgehead atoms. The number of hydrogen-bond acceptors (Lipinski definition) is 1. The number of benzene rings is 1. The van der Waals surface area contributed by atoms with Crippen LogP contribution in [0.5, 0.6) is 0 Å². The summed E-state index contributed by atoms with van der Waals surface area (Å²) in [6.07, 6.45) is 2.68. The fourth-order valence-corrected chi connectivity index (χ4v) is 1.23. The standard InChI is InChI=1S/C14H20N2O/c1-4-11(2)9-15-14(17)16-10-13-7-5-12(3)6-8-13/h5-9H,4,10H2,1-3H3,(H2,15,16,17)/b11-9+. The van der Waals surface area contributed by atoms with Gasteiger partial charge in [0.1, 0.15) is 0 Å². The second-order valence-electron chi connectivity index (χ2n) is 4.16. The van der Waals surface area contributed by atoms with Crippen LogP contribution in [0, 0.1) is 6.92 Å². The van der Waals surface area contributed by atoms with E-state index in [0.29, 0.717) is 6.54 Å². The highest BCUT2D eigenvalue weighted by atomic mass is 16.2. The van der Waals surface area contributed by atoms with Crippen molar-refractivity contribution in [3.63, 3.8) is 0 Å². The Kier molecular flexibility index (Phi) is 5.27. The first-order chi connectivity index (χ1) is 8.11. The number of allylic oxidation sites excluding steroid dienone is 1. The quantitative estimate of drug-likeness (QED) is 0.822. The highest BCUT2D eigenvalue weighted by Gasteiger charge is 1.98. The Labute approximate surface area is 103 Å². The molecule has 17 heavy (non-hydrogen) atoms. The molecule has 0 unspecified atom stereocenters. The third kappa shape index (κ3) is 5.20. The maximum absolute atomic E-state index is 11.4. The minimum Gasteiger partial charge on any atom is -0.334 e. The van der Waals surface area contributed by atoms with Gasteiger partial charge >= 0.3 is 6.03 Å². The normalized spacial score (nSPS) is 11.1. The zero-order valence-electron chi connectivity index (χ0n) is 10.7. The van der Waals surface area contributed by atoms with Gasteiger partial charge < -0.3 is 10.6 Å². The van der Waals surface area contributed by atoms with Crippen molar-refractivity contribution in [1.29, 1.82) is 0 Å². The van der Waals surface area contributed by atoms with Crippen LogP contribution in [0.3, 0.4) is 0 Å². The molecular formula is C14H20N2O. The highest BCUT2D eigenvalue weighted by Crippen LogP contribution is 2.02. The molecular weight excluding hydrogens is 212 g/mol. The van der Waals surface area contributed by atoms with Gasteiger partial charge in [0, 0.05) is 12.7 Å². The largest absolute Gasteiger partial charge is 0.334 e. The average molecular weight is 232 g/mol. The van der Waals surface area contributed by atoms with Gasteiger partial charge in [-0.2, -0.15) is 0 Å². The summed E-state index contributed by atoms with van der Waals surface area (Å²) < 4.78 is 0. The van der Waals surface area contributed by atoms with Crippen LogP contribution in [-0.2, 0) is 6.54 Å². The molecule has 92 valence electrons. The molecule has 1 aromatic carbocycles. The van der Waals surface area contributed by atoms with Crippen molar-refractivity contribution < 1.29 is 4.79 Å². The molecule has 0 aliphatic rings. The number of nitrogens with one attached hydrogen (secondary N) is 2. The van der Waals surface area contributed by atoms with Gasteiger partial charge in [0.15, 0.2) is 0 Å². The van der Waals surface area contributed by atoms with E-state index >= 15 is 0 Å². The van der Waals surface area contributed by atoms with Crippen molar-refractivity contribution in [2.45, 2.75) is 33.7 Å². The summed E-state index contributed by atoms with van der Waals surface area (Å²) in [5.41, 5.74) is 3.47. The molecule has 0 spiro atoms. The van der Waals surface area contributed by atoms with Crippen LogP contribution in [-0.4, -0.2) is 6.03 Å². The van der Waals surface area contributed by atoms with E-state index in [2.05, 4.69) is 17.6 Å². The minimum absolute atomic E-state index is 0.168. The summed E-state index contributed by atoms with van der Waals surface area (Å²) in [7, 11) is 0. The van der Waals surface area contributed by atoms with Crippen LogP contribution in [0.2, 0.25) is 0 Å². The second-order valence-corrected chi connectivity index (χ2v) is 4.16. The maximum atomic E-state index is 11.4. The lowest BCUT2D eigenvalue weighted by Gasteiger charge is -2.05. The van der Waals surface area contributed by atoms with Crippen LogP contribution in [0.4, 0.5) is 4.79 Å². The molecule has 0 radical (unpaired) electrons. The first-order valence-corrected chi connectivity index (χ1v) is 5.87. The van der Waals surface area contributed by atoms with Gasteiger partial charge in [0.25, 0.3) is 0 Å². The SMILES string of the molecule is CC/C(C)=C/NC(=O)NCc1ccc(C)cc1. The number of amides is 2. The molecule has 0 saturated heterocycles. The van der Waals surface area contributed by atoms with E-state index in [-0.39, 0.29) is 6.03 Å². The van der Waals surface area contributed by atoms with E-state index in [1.165, 1.54) is 5.56 Å². The summed E-state index contributed by atoms with van der Waals surface area (Å²) in [5, 5.41) is 5.51. The lowest BCUT2D eigenvalue weighted by atomic mass is 10.1. The molecule has 0 saturated carbocycles. The maximum Gasteiger partial charge on any atom is 0.319 e. The Morgan fingerprint density at radius 2 is 1.94 bits per heavy atom. The Balaban J connectivity index is 2.36. The van der Waals surface area contributed by atoms with Gasteiger partial charge in [0.2, 0.25) is 0 Å². The summed E-state index contributed by atoms with van der Waals surface area (Å²) in [5.74, 6) is 0. The van der Waals surface area contributed by atoms with Crippen molar-refractivity contribution in [3.05, 3.63) is 47.2 Å². The number of urea groups is 1. The number of hydrogen-bond donors (Lipinski definition) is 2. The van der Waals surface area contributed by atoms with Crippen molar-refractivity contribution in [1.82, 2.24) is 10.6 Å². The van der Waals surface area contributed by atoms with Crippen LogP contribution in [0.1, 0.15) is 31.4 Å². The lowest BCUT2D eigenvalue weighted by Crippen LogP contribution is -2.31. The van der Waals surface area contributed by atoms with Gasteiger partial charge in [-0.1, -0.05) is 42.3 Å². The fraction of sp³-hybridized carbons (Fsp3) is 0.357. The van der Waals surface area contributed by atoms with Crippen LogP contribution in [0.25, 0.3) is 0 Å².